The Hall–Kier alpha value is -1.32. The zero-order valence-corrected chi connectivity index (χ0v) is 13.1. The van der Waals surface area contributed by atoms with Crippen molar-refractivity contribution in [3.63, 3.8) is 0 Å². The Balaban J connectivity index is 2.09. The van der Waals surface area contributed by atoms with E-state index in [0.29, 0.717) is 5.92 Å². The molecule has 2 nitrogen and oxygen atoms in total. The predicted octanol–water partition coefficient (Wildman–Crippen LogP) is 4.54. The molecule has 1 amide bonds. The van der Waals surface area contributed by atoms with Crippen molar-refractivity contribution in [2.75, 3.05) is 0 Å². The quantitative estimate of drug-likeness (QED) is 0.807. The maximum Gasteiger partial charge on any atom is 0.243 e. The standard InChI is InChI=1S/C16H18ClNOS/c1-11(2)15(13-9-6-10-20-13)18-16(19)14(17)12-7-4-3-5-8-12/h3-11,14-15H,1-2H3,(H,18,19). The maximum absolute atomic E-state index is 12.3. The summed E-state index contributed by atoms with van der Waals surface area (Å²) in [5.74, 6) is 0.169. The highest BCUT2D eigenvalue weighted by Gasteiger charge is 2.24. The molecule has 0 aliphatic rings. The summed E-state index contributed by atoms with van der Waals surface area (Å²) in [6, 6.07) is 13.5. The van der Waals surface area contributed by atoms with Gasteiger partial charge in [0.1, 0.15) is 5.38 Å². The van der Waals surface area contributed by atoms with Crippen LogP contribution < -0.4 is 5.32 Å². The van der Waals surface area contributed by atoms with E-state index in [1.807, 2.05) is 47.8 Å². The summed E-state index contributed by atoms with van der Waals surface area (Å²) in [7, 11) is 0. The molecule has 1 N–H and O–H groups in total. The number of amides is 1. The molecule has 0 radical (unpaired) electrons. The van der Waals surface area contributed by atoms with E-state index in [9.17, 15) is 4.79 Å². The summed E-state index contributed by atoms with van der Waals surface area (Å²) in [6.45, 7) is 4.19. The molecule has 2 unspecified atom stereocenters. The highest BCUT2D eigenvalue weighted by atomic mass is 35.5. The molecule has 2 rings (SSSR count). The van der Waals surface area contributed by atoms with E-state index >= 15 is 0 Å². The molecular formula is C16H18ClNOS. The van der Waals surface area contributed by atoms with Crippen LogP contribution in [0.4, 0.5) is 0 Å². The average Bonchev–Trinajstić information content (AvgIpc) is 2.98. The van der Waals surface area contributed by atoms with Gasteiger partial charge in [0.2, 0.25) is 5.91 Å². The second-order valence-corrected chi connectivity index (χ2v) is 6.43. The van der Waals surface area contributed by atoms with E-state index in [0.717, 1.165) is 10.4 Å². The number of carbonyl (C=O) groups is 1. The van der Waals surface area contributed by atoms with Gasteiger partial charge in [-0.2, -0.15) is 0 Å². The molecule has 4 heteroatoms. The van der Waals surface area contributed by atoms with Crippen molar-refractivity contribution in [3.8, 4) is 0 Å². The zero-order chi connectivity index (χ0) is 14.5. The molecule has 2 aromatic rings. The Morgan fingerprint density at radius 3 is 2.40 bits per heavy atom. The minimum absolute atomic E-state index is 0.00691. The van der Waals surface area contributed by atoms with Gasteiger partial charge in [-0.3, -0.25) is 4.79 Å². The summed E-state index contributed by atoms with van der Waals surface area (Å²) in [5, 5.41) is 4.42. The number of benzene rings is 1. The van der Waals surface area contributed by atoms with Crippen molar-refractivity contribution in [2.24, 2.45) is 5.92 Å². The number of nitrogens with one attached hydrogen (secondary N) is 1. The summed E-state index contributed by atoms with van der Waals surface area (Å²) >= 11 is 7.91. The number of carbonyl (C=O) groups excluding carboxylic acids is 1. The number of halogens is 1. The first kappa shape index (κ1) is 15.1. The smallest absolute Gasteiger partial charge is 0.243 e. The van der Waals surface area contributed by atoms with Crippen molar-refractivity contribution < 1.29 is 4.79 Å². The lowest BCUT2D eigenvalue weighted by atomic mass is 10.0. The molecular weight excluding hydrogens is 290 g/mol. The third-order valence-corrected chi connectivity index (χ3v) is 4.54. The number of thiophene rings is 1. The minimum Gasteiger partial charge on any atom is -0.347 e. The number of alkyl halides is 1. The van der Waals surface area contributed by atoms with Gasteiger partial charge < -0.3 is 5.32 Å². The summed E-state index contributed by atoms with van der Waals surface area (Å²) in [5.41, 5.74) is 0.820. The van der Waals surface area contributed by atoms with Gasteiger partial charge in [0.15, 0.2) is 0 Å². The third kappa shape index (κ3) is 3.62. The first-order valence-electron chi connectivity index (χ1n) is 6.62. The van der Waals surface area contributed by atoms with Crippen LogP contribution in [-0.2, 0) is 4.79 Å². The molecule has 0 fully saturated rings. The highest BCUT2D eigenvalue weighted by Crippen LogP contribution is 2.28. The minimum atomic E-state index is -0.655. The second kappa shape index (κ2) is 6.91. The van der Waals surface area contributed by atoms with Crippen LogP contribution in [0.15, 0.2) is 47.8 Å². The fourth-order valence-electron chi connectivity index (χ4n) is 2.03. The van der Waals surface area contributed by atoms with Crippen LogP contribution in [0.2, 0.25) is 0 Å². The molecule has 2 atom stereocenters. The monoisotopic (exact) mass is 307 g/mol. The number of hydrogen-bond donors (Lipinski definition) is 1. The van der Waals surface area contributed by atoms with Gasteiger partial charge in [-0.25, -0.2) is 0 Å². The van der Waals surface area contributed by atoms with Gasteiger partial charge in [0, 0.05) is 4.88 Å². The summed E-state index contributed by atoms with van der Waals surface area (Å²) in [6.07, 6.45) is 0. The topological polar surface area (TPSA) is 29.1 Å². The van der Waals surface area contributed by atoms with E-state index in [1.54, 1.807) is 11.3 Å². The Kier molecular flexibility index (Phi) is 5.21. The normalized spacial score (nSPS) is 14.0. The Labute approximate surface area is 128 Å². The van der Waals surface area contributed by atoms with Gasteiger partial charge >= 0.3 is 0 Å². The van der Waals surface area contributed by atoms with Crippen molar-refractivity contribution in [1.82, 2.24) is 5.32 Å². The fourth-order valence-corrected chi connectivity index (χ4v) is 3.19. The van der Waals surface area contributed by atoms with Crippen LogP contribution in [0.5, 0.6) is 0 Å². The molecule has 1 aromatic carbocycles. The van der Waals surface area contributed by atoms with Crippen molar-refractivity contribution in [1.29, 1.82) is 0 Å². The van der Waals surface area contributed by atoms with Gasteiger partial charge in [-0.15, -0.1) is 22.9 Å². The number of rotatable bonds is 5. The summed E-state index contributed by atoms with van der Waals surface area (Å²) < 4.78 is 0. The van der Waals surface area contributed by atoms with Crippen molar-refractivity contribution in [3.05, 3.63) is 58.3 Å². The van der Waals surface area contributed by atoms with Crippen LogP contribution >= 0.6 is 22.9 Å². The predicted molar refractivity (Wildman–Crippen MR) is 85.1 cm³/mol. The fraction of sp³-hybridized carbons (Fsp3) is 0.312. The van der Waals surface area contributed by atoms with Gasteiger partial charge in [-0.1, -0.05) is 50.2 Å². The molecule has 0 spiro atoms. The van der Waals surface area contributed by atoms with Gasteiger partial charge in [0.25, 0.3) is 0 Å². The van der Waals surface area contributed by atoms with E-state index in [-0.39, 0.29) is 11.9 Å². The van der Waals surface area contributed by atoms with Gasteiger partial charge in [0.05, 0.1) is 6.04 Å². The Bertz CT molecular complexity index is 539. The molecule has 1 aromatic heterocycles. The van der Waals surface area contributed by atoms with Crippen LogP contribution in [0, 0.1) is 5.92 Å². The van der Waals surface area contributed by atoms with Crippen LogP contribution in [0.25, 0.3) is 0 Å². The molecule has 0 saturated carbocycles. The largest absolute Gasteiger partial charge is 0.347 e. The number of hydrogen-bond acceptors (Lipinski definition) is 2. The SMILES string of the molecule is CC(C)C(NC(=O)C(Cl)c1ccccc1)c1cccs1. The Morgan fingerprint density at radius 2 is 1.85 bits per heavy atom. The molecule has 1 heterocycles. The van der Waals surface area contributed by atoms with E-state index < -0.39 is 5.38 Å². The molecule has 20 heavy (non-hydrogen) atoms. The van der Waals surface area contributed by atoms with E-state index in [4.69, 9.17) is 11.6 Å². The lowest BCUT2D eigenvalue weighted by Gasteiger charge is -2.22. The van der Waals surface area contributed by atoms with Crippen LogP contribution in [0.3, 0.4) is 0 Å². The molecule has 0 bridgehead atoms. The van der Waals surface area contributed by atoms with Crippen LogP contribution in [0.1, 0.15) is 35.7 Å². The van der Waals surface area contributed by atoms with Crippen molar-refractivity contribution in [2.45, 2.75) is 25.3 Å². The second-order valence-electron chi connectivity index (χ2n) is 5.02. The van der Waals surface area contributed by atoms with Gasteiger partial charge in [-0.05, 0) is 22.9 Å². The first-order valence-corrected chi connectivity index (χ1v) is 7.94. The highest BCUT2D eigenvalue weighted by molar-refractivity contribution is 7.10. The summed E-state index contributed by atoms with van der Waals surface area (Å²) in [4.78, 5) is 13.5. The molecule has 0 aliphatic carbocycles. The van der Waals surface area contributed by atoms with E-state index in [2.05, 4.69) is 19.2 Å². The third-order valence-electron chi connectivity index (χ3n) is 3.14. The lowest BCUT2D eigenvalue weighted by Crippen LogP contribution is -2.33. The van der Waals surface area contributed by atoms with Crippen LogP contribution in [-0.4, -0.2) is 5.91 Å². The average molecular weight is 308 g/mol. The molecule has 106 valence electrons. The molecule has 0 saturated heterocycles. The Morgan fingerprint density at radius 1 is 1.15 bits per heavy atom. The first-order chi connectivity index (χ1) is 9.59. The molecule has 0 aliphatic heterocycles. The van der Waals surface area contributed by atoms with Crippen molar-refractivity contribution >= 4 is 28.8 Å². The van der Waals surface area contributed by atoms with E-state index in [1.165, 1.54) is 0 Å². The zero-order valence-electron chi connectivity index (χ0n) is 11.5. The maximum atomic E-state index is 12.3. The lowest BCUT2D eigenvalue weighted by molar-refractivity contribution is -0.121.